The predicted octanol–water partition coefficient (Wildman–Crippen LogP) is 8.69. The topological polar surface area (TPSA) is 22.8 Å². The van der Waals surface area contributed by atoms with Crippen molar-refractivity contribution in [2.45, 2.75) is 27.2 Å². The normalized spacial score (nSPS) is 11.1. The van der Waals surface area contributed by atoms with Gasteiger partial charge in [0.2, 0.25) is 0 Å². The standard InChI is InChI=1S/C27H19N3.C5H12/c1-3-9-20(10-4-1)27-28-17-18-29(27)22-15-16-26-24(19-22)23-13-7-8-14-25(23)30(26)21-11-5-2-6-12-21;1-4-5(2)3/h1-19H;5H,4H2,1-3H3. The lowest BCUT2D eigenvalue weighted by atomic mass is 10.1. The summed E-state index contributed by atoms with van der Waals surface area (Å²) in [5.41, 5.74) is 5.80. The molecule has 0 radical (unpaired) electrons. The van der Waals surface area contributed by atoms with Gasteiger partial charge in [0, 0.05) is 40.1 Å². The first-order valence-corrected chi connectivity index (χ1v) is 12.3. The molecule has 0 aliphatic carbocycles. The van der Waals surface area contributed by atoms with Crippen LogP contribution < -0.4 is 0 Å². The lowest BCUT2D eigenvalue weighted by Crippen LogP contribution is -1.97. The average Bonchev–Trinajstić information content (AvgIpc) is 3.53. The molecule has 0 aliphatic rings. The largest absolute Gasteiger partial charge is 0.309 e. The maximum atomic E-state index is 4.62. The van der Waals surface area contributed by atoms with Crippen LogP contribution in [0.3, 0.4) is 0 Å². The van der Waals surface area contributed by atoms with E-state index in [2.05, 4.69) is 120 Å². The van der Waals surface area contributed by atoms with Crippen LogP contribution in [0.1, 0.15) is 27.2 Å². The molecular weight excluding hydrogens is 426 g/mol. The molecule has 2 aromatic heterocycles. The molecule has 174 valence electrons. The van der Waals surface area contributed by atoms with Gasteiger partial charge in [-0.2, -0.15) is 0 Å². The van der Waals surface area contributed by atoms with Gasteiger partial charge < -0.3 is 4.57 Å². The summed E-state index contributed by atoms with van der Waals surface area (Å²) in [7, 11) is 0. The minimum absolute atomic E-state index is 0.884. The fourth-order valence-corrected chi connectivity index (χ4v) is 4.28. The molecule has 6 aromatic rings. The van der Waals surface area contributed by atoms with Gasteiger partial charge in [-0.25, -0.2) is 4.98 Å². The van der Waals surface area contributed by atoms with Gasteiger partial charge in [-0.1, -0.05) is 93.9 Å². The Bertz CT molecular complexity index is 1540. The molecule has 0 fully saturated rings. The molecule has 0 N–H and O–H groups in total. The van der Waals surface area contributed by atoms with Crippen LogP contribution in [0.2, 0.25) is 0 Å². The average molecular weight is 458 g/mol. The van der Waals surface area contributed by atoms with Gasteiger partial charge >= 0.3 is 0 Å². The lowest BCUT2D eigenvalue weighted by molar-refractivity contribution is 0.626. The highest BCUT2D eigenvalue weighted by atomic mass is 15.1. The summed E-state index contributed by atoms with van der Waals surface area (Å²) >= 11 is 0. The fraction of sp³-hybridized carbons (Fsp3) is 0.156. The molecule has 0 saturated carbocycles. The van der Waals surface area contributed by atoms with Gasteiger partial charge in [0.15, 0.2) is 0 Å². The van der Waals surface area contributed by atoms with Crippen molar-refractivity contribution in [2.75, 3.05) is 0 Å². The maximum Gasteiger partial charge on any atom is 0.144 e. The molecule has 6 rings (SSSR count). The van der Waals surface area contributed by atoms with E-state index in [0.717, 1.165) is 23.0 Å². The minimum Gasteiger partial charge on any atom is -0.309 e. The number of para-hydroxylation sites is 2. The monoisotopic (exact) mass is 457 g/mol. The second-order valence-corrected chi connectivity index (χ2v) is 9.18. The van der Waals surface area contributed by atoms with E-state index in [4.69, 9.17) is 0 Å². The second kappa shape index (κ2) is 10.0. The van der Waals surface area contributed by atoms with Gasteiger partial charge in [0.1, 0.15) is 5.82 Å². The Balaban J connectivity index is 0.000000464. The zero-order valence-corrected chi connectivity index (χ0v) is 20.6. The number of imidazole rings is 1. The zero-order valence-electron chi connectivity index (χ0n) is 20.6. The van der Waals surface area contributed by atoms with Crippen LogP contribution in [0.15, 0.2) is 116 Å². The Hall–Kier alpha value is -4.11. The molecule has 35 heavy (non-hydrogen) atoms. The molecular formula is C32H31N3. The van der Waals surface area contributed by atoms with Crippen LogP contribution >= 0.6 is 0 Å². The van der Waals surface area contributed by atoms with Gasteiger partial charge in [0.05, 0.1) is 11.0 Å². The smallest absolute Gasteiger partial charge is 0.144 e. The van der Waals surface area contributed by atoms with Crippen LogP contribution in [0.4, 0.5) is 0 Å². The third kappa shape index (κ3) is 4.50. The second-order valence-electron chi connectivity index (χ2n) is 9.18. The molecule has 0 aliphatic heterocycles. The summed E-state index contributed by atoms with van der Waals surface area (Å²) in [6, 6.07) is 36.1. The number of aromatic nitrogens is 3. The van der Waals surface area contributed by atoms with Gasteiger partial charge in [-0.15, -0.1) is 0 Å². The molecule has 0 bridgehead atoms. The van der Waals surface area contributed by atoms with E-state index in [9.17, 15) is 0 Å². The van der Waals surface area contributed by atoms with E-state index in [1.807, 2.05) is 30.6 Å². The fourth-order valence-electron chi connectivity index (χ4n) is 4.28. The van der Waals surface area contributed by atoms with Crippen molar-refractivity contribution in [3.63, 3.8) is 0 Å². The first kappa shape index (κ1) is 22.7. The lowest BCUT2D eigenvalue weighted by Gasteiger charge is -2.10. The quantitative estimate of drug-likeness (QED) is 0.260. The highest BCUT2D eigenvalue weighted by Crippen LogP contribution is 2.34. The third-order valence-electron chi connectivity index (χ3n) is 6.44. The van der Waals surface area contributed by atoms with Crippen molar-refractivity contribution in [1.82, 2.24) is 14.1 Å². The van der Waals surface area contributed by atoms with E-state index in [1.54, 1.807) is 0 Å². The van der Waals surface area contributed by atoms with E-state index in [0.29, 0.717) is 0 Å². The van der Waals surface area contributed by atoms with E-state index >= 15 is 0 Å². The first-order chi connectivity index (χ1) is 17.2. The highest BCUT2D eigenvalue weighted by molar-refractivity contribution is 6.09. The number of rotatable bonds is 4. The Labute approximate surface area is 207 Å². The minimum atomic E-state index is 0.884. The summed E-state index contributed by atoms with van der Waals surface area (Å²) < 4.78 is 4.49. The van der Waals surface area contributed by atoms with Gasteiger partial charge in [-0.3, -0.25) is 4.57 Å². The van der Waals surface area contributed by atoms with Crippen molar-refractivity contribution in [2.24, 2.45) is 5.92 Å². The molecule has 0 amide bonds. The summed E-state index contributed by atoms with van der Waals surface area (Å²) in [4.78, 5) is 4.62. The number of hydrogen-bond donors (Lipinski definition) is 0. The van der Waals surface area contributed by atoms with Crippen LogP contribution in [0, 0.1) is 5.92 Å². The Morgan fingerprint density at radius 1 is 0.686 bits per heavy atom. The maximum absolute atomic E-state index is 4.62. The van der Waals surface area contributed by atoms with Crippen LogP contribution in [0.5, 0.6) is 0 Å². The Morgan fingerprint density at radius 2 is 1.31 bits per heavy atom. The summed E-state index contributed by atoms with van der Waals surface area (Å²) in [5, 5.41) is 2.49. The van der Waals surface area contributed by atoms with Gasteiger partial charge in [-0.05, 0) is 42.3 Å². The van der Waals surface area contributed by atoms with Crippen LogP contribution in [-0.2, 0) is 0 Å². The SMILES string of the molecule is CCC(C)C.c1ccc(-c2nccn2-c2ccc3c(c2)c2ccccc2n3-c2ccccc2)cc1. The summed E-state index contributed by atoms with van der Waals surface area (Å²) in [5.74, 6) is 1.83. The number of hydrogen-bond acceptors (Lipinski definition) is 1. The highest BCUT2D eigenvalue weighted by Gasteiger charge is 2.14. The van der Waals surface area contributed by atoms with Gasteiger partial charge in [0.25, 0.3) is 0 Å². The van der Waals surface area contributed by atoms with Crippen molar-refractivity contribution < 1.29 is 0 Å². The van der Waals surface area contributed by atoms with E-state index < -0.39 is 0 Å². The van der Waals surface area contributed by atoms with Crippen LogP contribution in [-0.4, -0.2) is 14.1 Å². The summed E-state index contributed by atoms with van der Waals surface area (Å²) in [6.07, 6.45) is 5.19. The molecule has 0 unspecified atom stereocenters. The molecule has 0 saturated heterocycles. The molecule has 2 heterocycles. The Kier molecular flexibility index (Phi) is 6.49. The van der Waals surface area contributed by atoms with Crippen molar-refractivity contribution in [1.29, 1.82) is 0 Å². The molecule has 3 heteroatoms. The van der Waals surface area contributed by atoms with Crippen molar-refractivity contribution >= 4 is 21.8 Å². The Morgan fingerprint density at radius 3 is 2.03 bits per heavy atom. The molecule has 0 atom stereocenters. The third-order valence-corrected chi connectivity index (χ3v) is 6.44. The summed E-state index contributed by atoms with van der Waals surface area (Å²) in [6.45, 7) is 6.64. The van der Waals surface area contributed by atoms with Crippen molar-refractivity contribution in [3.05, 3.63) is 116 Å². The van der Waals surface area contributed by atoms with E-state index in [1.165, 1.54) is 33.9 Å². The molecule has 3 nitrogen and oxygen atoms in total. The predicted molar refractivity (Wildman–Crippen MR) is 148 cm³/mol. The molecule has 4 aromatic carbocycles. The first-order valence-electron chi connectivity index (χ1n) is 12.3. The number of fused-ring (bicyclic) bond motifs is 3. The molecule has 0 spiro atoms. The van der Waals surface area contributed by atoms with Crippen molar-refractivity contribution in [3.8, 4) is 22.8 Å². The number of nitrogens with zero attached hydrogens (tertiary/aromatic N) is 3. The van der Waals surface area contributed by atoms with E-state index in [-0.39, 0.29) is 0 Å². The van der Waals surface area contributed by atoms with Crippen LogP contribution in [0.25, 0.3) is 44.6 Å². The number of benzene rings is 4. The zero-order chi connectivity index (χ0) is 24.2.